The summed E-state index contributed by atoms with van der Waals surface area (Å²) in [5.41, 5.74) is 0.985. The van der Waals surface area contributed by atoms with Crippen LogP contribution in [0.4, 0.5) is 0 Å². The van der Waals surface area contributed by atoms with Crippen molar-refractivity contribution in [3.8, 4) is 11.8 Å². The Kier molecular flexibility index (Phi) is 6.58. The summed E-state index contributed by atoms with van der Waals surface area (Å²) in [5, 5.41) is 11.7. The first-order chi connectivity index (χ1) is 10.2. The fourth-order valence-corrected chi connectivity index (χ4v) is 4.02. The molecule has 1 fully saturated rings. The predicted octanol–water partition coefficient (Wildman–Crippen LogP) is 1.18. The van der Waals surface area contributed by atoms with Crippen LogP contribution in [0.15, 0.2) is 6.07 Å². The molecule has 0 saturated carbocycles. The van der Waals surface area contributed by atoms with Crippen molar-refractivity contribution in [3.05, 3.63) is 21.4 Å². The average Bonchev–Trinajstić information content (AvgIpc) is 2.87. The molecule has 0 bridgehead atoms. The molecule has 2 N–H and O–H groups in total. The van der Waals surface area contributed by atoms with Crippen molar-refractivity contribution in [1.29, 1.82) is 0 Å². The van der Waals surface area contributed by atoms with Gasteiger partial charge in [0.2, 0.25) is 0 Å². The number of carbonyl (C=O) groups is 1. The van der Waals surface area contributed by atoms with Gasteiger partial charge in [0.15, 0.2) is 0 Å². The lowest BCUT2D eigenvalue weighted by molar-refractivity contribution is 0.0953. The van der Waals surface area contributed by atoms with Crippen LogP contribution in [0.2, 0.25) is 0 Å². The van der Waals surface area contributed by atoms with Gasteiger partial charge in [0.25, 0.3) is 5.91 Å². The van der Waals surface area contributed by atoms with E-state index in [4.69, 9.17) is 5.11 Å². The third-order valence-corrected chi connectivity index (χ3v) is 5.33. The third kappa shape index (κ3) is 5.04. The average molecular weight is 324 g/mol. The molecule has 1 aliphatic heterocycles. The molecule has 0 spiro atoms. The van der Waals surface area contributed by atoms with E-state index in [-0.39, 0.29) is 12.5 Å². The number of nitrogens with zero attached hydrogens (tertiary/aromatic N) is 1. The zero-order valence-corrected chi connectivity index (χ0v) is 13.8. The monoisotopic (exact) mass is 324 g/mol. The Morgan fingerprint density at radius 2 is 2.24 bits per heavy atom. The zero-order chi connectivity index (χ0) is 15.1. The molecule has 6 heteroatoms. The molecule has 4 nitrogen and oxygen atoms in total. The molecular weight excluding hydrogens is 304 g/mol. The summed E-state index contributed by atoms with van der Waals surface area (Å²) in [7, 11) is 0. The predicted molar refractivity (Wildman–Crippen MR) is 89.1 cm³/mol. The number of aliphatic hydroxyl groups excluding tert-OH is 1. The largest absolute Gasteiger partial charge is 0.384 e. The molecule has 1 aromatic rings. The molecule has 1 amide bonds. The second-order valence-corrected chi connectivity index (χ2v) is 7.07. The number of carbonyl (C=O) groups excluding carboxylic acids is 1. The molecule has 2 rings (SSSR count). The number of rotatable bonds is 4. The van der Waals surface area contributed by atoms with Crippen LogP contribution < -0.4 is 5.32 Å². The highest BCUT2D eigenvalue weighted by Crippen LogP contribution is 2.20. The second-order valence-electron chi connectivity index (χ2n) is 4.79. The molecule has 0 aromatic carbocycles. The van der Waals surface area contributed by atoms with Crippen molar-refractivity contribution in [3.63, 3.8) is 0 Å². The summed E-state index contributed by atoms with van der Waals surface area (Å²) < 4.78 is 0. The van der Waals surface area contributed by atoms with Crippen molar-refractivity contribution >= 4 is 29.0 Å². The Morgan fingerprint density at radius 3 is 2.95 bits per heavy atom. The van der Waals surface area contributed by atoms with Gasteiger partial charge in [-0.1, -0.05) is 11.8 Å². The number of aryl methyl sites for hydroxylation is 1. The van der Waals surface area contributed by atoms with Gasteiger partial charge in [-0.2, -0.15) is 11.8 Å². The second kappa shape index (κ2) is 8.44. The van der Waals surface area contributed by atoms with Crippen LogP contribution in [0.1, 0.15) is 20.1 Å². The smallest absolute Gasteiger partial charge is 0.261 e. The van der Waals surface area contributed by atoms with Gasteiger partial charge in [-0.25, -0.2) is 0 Å². The van der Waals surface area contributed by atoms with Gasteiger partial charge in [-0.05, 0) is 18.6 Å². The van der Waals surface area contributed by atoms with E-state index in [1.54, 1.807) is 0 Å². The fraction of sp³-hybridized carbons (Fsp3) is 0.533. The highest BCUT2D eigenvalue weighted by Gasteiger charge is 2.13. The Morgan fingerprint density at radius 1 is 1.48 bits per heavy atom. The zero-order valence-electron chi connectivity index (χ0n) is 12.1. The number of hydrogen-bond acceptors (Lipinski definition) is 5. The van der Waals surface area contributed by atoms with E-state index >= 15 is 0 Å². The SMILES string of the molecule is Cc1cc(C(=O)NCCN2CCSCC2)sc1C#CCO. The molecule has 0 radical (unpaired) electrons. The van der Waals surface area contributed by atoms with E-state index in [2.05, 4.69) is 22.1 Å². The molecule has 1 aromatic heterocycles. The fourth-order valence-electron chi connectivity index (χ4n) is 2.08. The van der Waals surface area contributed by atoms with Crippen LogP contribution >= 0.6 is 23.1 Å². The van der Waals surface area contributed by atoms with Gasteiger partial charge in [-0.15, -0.1) is 11.3 Å². The first-order valence-corrected chi connectivity index (χ1v) is 8.96. The molecule has 1 aliphatic rings. The van der Waals surface area contributed by atoms with Crippen LogP contribution in [0.25, 0.3) is 0 Å². The lowest BCUT2D eigenvalue weighted by Gasteiger charge is -2.25. The minimum absolute atomic E-state index is 0.0356. The van der Waals surface area contributed by atoms with E-state index < -0.39 is 0 Å². The Labute approximate surface area is 133 Å². The number of hydrogen-bond donors (Lipinski definition) is 2. The summed E-state index contributed by atoms with van der Waals surface area (Å²) in [6, 6.07) is 1.86. The molecule has 0 unspecified atom stereocenters. The minimum atomic E-state index is -0.160. The summed E-state index contributed by atoms with van der Waals surface area (Å²) in [5.74, 6) is 7.83. The summed E-state index contributed by atoms with van der Waals surface area (Å²) in [4.78, 5) is 16.0. The van der Waals surface area contributed by atoms with E-state index in [0.29, 0.717) is 11.4 Å². The number of thiophene rings is 1. The van der Waals surface area contributed by atoms with Crippen molar-refractivity contribution < 1.29 is 9.90 Å². The molecule has 114 valence electrons. The summed E-state index contributed by atoms with van der Waals surface area (Å²) in [6.07, 6.45) is 0. The maximum Gasteiger partial charge on any atom is 0.261 e. The minimum Gasteiger partial charge on any atom is -0.384 e. The lowest BCUT2D eigenvalue weighted by atomic mass is 10.2. The first-order valence-electron chi connectivity index (χ1n) is 6.99. The van der Waals surface area contributed by atoms with Crippen molar-refractivity contribution in [2.24, 2.45) is 0 Å². The number of amides is 1. The Hall–Kier alpha value is -1.00. The van der Waals surface area contributed by atoms with Crippen molar-refractivity contribution in [1.82, 2.24) is 10.2 Å². The van der Waals surface area contributed by atoms with Crippen LogP contribution in [-0.2, 0) is 0 Å². The molecule has 0 atom stereocenters. The summed E-state index contributed by atoms with van der Waals surface area (Å²) >= 11 is 3.37. The van der Waals surface area contributed by atoms with Crippen LogP contribution in [-0.4, -0.2) is 60.2 Å². The molecule has 21 heavy (non-hydrogen) atoms. The van der Waals surface area contributed by atoms with Gasteiger partial charge < -0.3 is 10.4 Å². The van der Waals surface area contributed by atoms with Gasteiger partial charge in [-0.3, -0.25) is 9.69 Å². The van der Waals surface area contributed by atoms with E-state index in [9.17, 15) is 4.79 Å². The van der Waals surface area contributed by atoms with Crippen molar-refractivity contribution in [2.75, 3.05) is 44.3 Å². The third-order valence-electron chi connectivity index (χ3n) is 3.24. The van der Waals surface area contributed by atoms with Crippen LogP contribution in [0, 0.1) is 18.8 Å². The maximum atomic E-state index is 12.1. The number of thioether (sulfide) groups is 1. The standard InChI is InChI=1S/C15H20N2O2S2/c1-12-11-14(21-13(12)3-2-8-18)15(19)16-4-5-17-6-9-20-10-7-17/h11,18H,4-10H2,1H3,(H,16,19). The number of nitrogens with one attached hydrogen (secondary N) is 1. The first kappa shape index (κ1) is 16.4. The van der Waals surface area contributed by atoms with Gasteiger partial charge in [0.1, 0.15) is 6.61 Å². The molecular formula is C15H20N2O2S2. The van der Waals surface area contributed by atoms with Crippen LogP contribution in [0.5, 0.6) is 0 Å². The van der Waals surface area contributed by atoms with E-state index in [0.717, 1.165) is 30.1 Å². The van der Waals surface area contributed by atoms with Gasteiger partial charge >= 0.3 is 0 Å². The van der Waals surface area contributed by atoms with E-state index in [1.807, 2.05) is 24.8 Å². The highest BCUT2D eigenvalue weighted by molar-refractivity contribution is 7.99. The Bertz CT molecular complexity index is 540. The number of aliphatic hydroxyl groups is 1. The summed E-state index contributed by atoms with van der Waals surface area (Å²) in [6.45, 7) is 5.58. The molecule has 2 heterocycles. The van der Waals surface area contributed by atoms with Gasteiger partial charge in [0.05, 0.1) is 9.75 Å². The lowest BCUT2D eigenvalue weighted by Crippen LogP contribution is -2.39. The van der Waals surface area contributed by atoms with E-state index in [1.165, 1.54) is 22.8 Å². The normalized spacial score (nSPS) is 15.3. The quantitative estimate of drug-likeness (QED) is 0.817. The van der Waals surface area contributed by atoms with Crippen molar-refractivity contribution in [2.45, 2.75) is 6.92 Å². The topological polar surface area (TPSA) is 52.6 Å². The van der Waals surface area contributed by atoms with Crippen LogP contribution in [0.3, 0.4) is 0 Å². The maximum absolute atomic E-state index is 12.1. The molecule has 0 aliphatic carbocycles. The van der Waals surface area contributed by atoms with Gasteiger partial charge in [0, 0.05) is 37.7 Å². The molecule has 1 saturated heterocycles. The highest BCUT2D eigenvalue weighted by atomic mass is 32.2. The Balaban J connectivity index is 1.82.